The van der Waals surface area contributed by atoms with Crippen molar-refractivity contribution in [3.05, 3.63) is 45.9 Å². The Morgan fingerprint density at radius 1 is 1.25 bits per heavy atom. The molecule has 2 aromatic rings. The van der Waals surface area contributed by atoms with Crippen molar-refractivity contribution < 1.29 is 13.9 Å². The molecule has 2 rings (SSSR count). The van der Waals surface area contributed by atoms with E-state index >= 15 is 0 Å². The van der Waals surface area contributed by atoms with Crippen molar-refractivity contribution in [3.8, 4) is 11.5 Å². The third-order valence-corrected chi connectivity index (χ3v) is 4.09. The third-order valence-electron chi connectivity index (χ3n) is 3.08. The molecule has 108 valence electrons. The molecule has 0 aliphatic rings. The van der Waals surface area contributed by atoms with Crippen LogP contribution in [0.4, 0.5) is 4.39 Å². The first-order chi connectivity index (χ1) is 9.71. The quantitative estimate of drug-likeness (QED) is 0.635. The summed E-state index contributed by atoms with van der Waals surface area (Å²) in [6.45, 7) is 0. The highest BCUT2D eigenvalue weighted by molar-refractivity contribution is 7.10. The lowest BCUT2D eigenvalue weighted by atomic mass is 10.0. The van der Waals surface area contributed by atoms with Crippen LogP contribution in [0.5, 0.6) is 11.5 Å². The number of hydrazine groups is 1. The predicted octanol–water partition coefficient (Wildman–Crippen LogP) is 2.65. The van der Waals surface area contributed by atoms with E-state index in [0.29, 0.717) is 12.0 Å². The van der Waals surface area contributed by atoms with Crippen LogP contribution < -0.4 is 20.7 Å². The molecule has 1 unspecified atom stereocenters. The molecular formula is C14H17FN2O2S. The van der Waals surface area contributed by atoms with E-state index in [1.807, 2.05) is 11.4 Å². The van der Waals surface area contributed by atoms with Gasteiger partial charge in [0.05, 0.1) is 25.1 Å². The monoisotopic (exact) mass is 296 g/mol. The van der Waals surface area contributed by atoms with Crippen LogP contribution in [0.2, 0.25) is 0 Å². The van der Waals surface area contributed by atoms with Crippen LogP contribution in [0.3, 0.4) is 0 Å². The van der Waals surface area contributed by atoms with Crippen LogP contribution in [0.25, 0.3) is 0 Å². The van der Waals surface area contributed by atoms with E-state index in [1.165, 1.54) is 18.4 Å². The number of hydrogen-bond donors (Lipinski definition) is 2. The topological polar surface area (TPSA) is 56.5 Å². The number of methoxy groups -OCH3 is 2. The van der Waals surface area contributed by atoms with Gasteiger partial charge in [0.1, 0.15) is 5.75 Å². The summed E-state index contributed by atoms with van der Waals surface area (Å²) in [6.07, 6.45) is 0.413. The number of hydrogen-bond acceptors (Lipinski definition) is 5. The number of nitrogens with two attached hydrogens (primary N) is 1. The summed E-state index contributed by atoms with van der Waals surface area (Å²) in [7, 11) is 3.05. The molecule has 1 heterocycles. The van der Waals surface area contributed by atoms with Crippen molar-refractivity contribution in [2.45, 2.75) is 12.5 Å². The standard InChI is InChI=1S/C14H17FN2O2S/c1-18-11-5-3-4-9(13(11)15)8-10(17-16)14-12(19-2)6-7-20-14/h3-7,10,17H,8,16H2,1-2H3. The van der Waals surface area contributed by atoms with Gasteiger partial charge in [-0.3, -0.25) is 11.3 Å². The summed E-state index contributed by atoms with van der Waals surface area (Å²) in [6, 6.07) is 6.73. The number of ether oxygens (including phenoxy) is 2. The SMILES string of the molecule is COc1ccsc1C(Cc1cccc(OC)c1F)NN. The van der Waals surface area contributed by atoms with E-state index in [9.17, 15) is 4.39 Å². The smallest absolute Gasteiger partial charge is 0.168 e. The highest BCUT2D eigenvalue weighted by Gasteiger charge is 2.19. The largest absolute Gasteiger partial charge is 0.496 e. The Labute approximate surface area is 121 Å². The second-order valence-corrected chi connectivity index (χ2v) is 5.16. The zero-order valence-electron chi connectivity index (χ0n) is 11.4. The summed E-state index contributed by atoms with van der Waals surface area (Å²) in [5, 5.41) is 1.92. The molecule has 1 aromatic carbocycles. The molecule has 6 heteroatoms. The maximum atomic E-state index is 14.2. The normalized spacial score (nSPS) is 12.2. The van der Waals surface area contributed by atoms with Crippen LogP contribution >= 0.6 is 11.3 Å². The Hall–Kier alpha value is -1.63. The zero-order chi connectivity index (χ0) is 14.5. The molecule has 0 saturated carbocycles. The molecule has 0 fully saturated rings. The fraction of sp³-hybridized carbons (Fsp3) is 0.286. The molecule has 0 amide bonds. The van der Waals surface area contributed by atoms with Crippen molar-refractivity contribution in [1.82, 2.24) is 5.43 Å². The first kappa shape index (κ1) is 14.8. The highest BCUT2D eigenvalue weighted by atomic mass is 32.1. The van der Waals surface area contributed by atoms with Gasteiger partial charge in [-0.2, -0.15) is 0 Å². The number of thiophene rings is 1. The molecule has 0 bridgehead atoms. The number of nitrogens with one attached hydrogen (secondary N) is 1. The first-order valence-electron chi connectivity index (χ1n) is 6.10. The average Bonchev–Trinajstić information content (AvgIpc) is 2.94. The van der Waals surface area contributed by atoms with E-state index in [1.54, 1.807) is 25.3 Å². The molecular weight excluding hydrogens is 279 g/mol. The van der Waals surface area contributed by atoms with Gasteiger partial charge < -0.3 is 9.47 Å². The summed E-state index contributed by atoms with van der Waals surface area (Å²) in [5.74, 6) is 6.23. The van der Waals surface area contributed by atoms with Crippen LogP contribution in [-0.4, -0.2) is 14.2 Å². The Bertz CT molecular complexity index is 574. The second kappa shape index (κ2) is 6.69. The molecule has 0 aliphatic heterocycles. The maximum Gasteiger partial charge on any atom is 0.168 e. The van der Waals surface area contributed by atoms with Gasteiger partial charge >= 0.3 is 0 Å². The van der Waals surface area contributed by atoms with E-state index in [2.05, 4.69) is 5.43 Å². The van der Waals surface area contributed by atoms with Crippen LogP contribution in [-0.2, 0) is 6.42 Å². The van der Waals surface area contributed by atoms with E-state index in [4.69, 9.17) is 15.3 Å². The molecule has 4 nitrogen and oxygen atoms in total. The summed E-state index contributed by atoms with van der Waals surface area (Å²) >= 11 is 1.52. The minimum atomic E-state index is -0.356. The molecule has 1 atom stereocenters. The van der Waals surface area contributed by atoms with Crippen molar-refractivity contribution >= 4 is 11.3 Å². The third kappa shape index (κ3) is 2.92. The Balaban J connectivity index is 2.27. The highest BCUT2D eigenvalue weighted by Crippen LogP contribution is 2.33. The summed E-state index contributed by atoms with van der Waals surface area (Å²) in [4.78, 5) is 0.942. The molecule has 0 radical (unpaired) electrons. The van der Waals surface area contributed by atoms with Crippen molar-refractivity contribution in [2.24, 2.45) is 5.84 Å². The van der Waals surface area contributed by atoms with Crippen molar-refractivity contribution in [3.63, 3.8) is 0 Å². The van der Waals surface area contributed by atoms with Gasteiger partial charge in [-0.1, -0.05) is 12.1 Å². The predicted molar refractivity (Wildman–Crippen MR) is 77.6 cm³/mol. The van der Waals surface area contributed by atoms with Gasteiger partial charge in [0.15, 0.2) is 11.6 Å². The Morgan fingerprint density at radius 2 is 2.00 bits per heavy atom. The second-order valence-electron chi connectivity index (χ2n) is 4.21. The fourth-order valence-corrected chi connectivity index (χ4v) is 2.97. The maximum absolute atomic E-state index is 14.2. The van der Waals surface area contributed by atoms with Gasteiger partial charge in [0.2, 0.25) is 0 Å². The first-order valence-corrected chi connectivity index (χ1v) is 6.98. The van der Waals surface area contributed by atoms with Gasteiger partial charge in [-0.15, -0.1) is 11.3 Å². The number of benzene rings is 1. The van der Waals surface area contributed by atoms with E-state index < -0.39 is 0 Å². The Morgan fingerprint density at radius 3 is 2.65 bits per heavy atom. The minimum Gasteiger partial charge on any atom is -0.496 e. The molecule has 20 heavy (non-hydrogen) atoms. The van der Waals surface area contributed by atoms with Crippen LogP contribution in [0.1, 0.15) is 16.5 Å². The lowest BCUT2D eigenvalue weighted by molar-refractivity contribution is 0.381. The average molecular weight is 296 g/mol. The van der Waals surface area contributed by atoms with Crippen molar-refractivity contribution in [2.75, 3.05) is 14.2 Å². The van der Waals surface area contributed by atoms with Gasteiger partial charge in [-0.05, 0) is 29.5 Å². The molecule has 0 saturated heterocycles. The Kier molecular flexibility index (Phi) is 4.94. The molecule has 0 spiro atoms. The number of halogens is 1. The van der Waals surface area contributed by atoms with Gasteiger partial charge in [0.25, 0.3) is 0 Å². The fourth-order valence-electron chi connectivity index (χ4n) is 2.05. The van der Waals surface area contributed by atoms with Crippen LogP contribution in [0.15, 0.2) is 29.6 Å². The lowest BCUT2D eigenvalue weighted by Crippen LogP contribution is -2.29. The minimum absolute atomic E-state index is 0.216. The van der Waals surface area contributed by atoms with Crippen molar-refractivity contribution in [1.29, 1.82) is 0 Å². The van der Waals surface area contributed by atoms with E-state index in [0.717, 1.165) is 10.6 Å². The van der Waals surface area contributed by atoms with Crippen LogP contribution in [0, 0.1) is 5.82 Å². The molecule has 1 aromatic heterocycles. The van der Waals surface area contributed by atoms with E-state index in [-0.39, 0.29) is 17.6 Å². The molecule has 0 aliphatic carbocycles. The zero-order valence-corrected chi connectivity index (χ0v) is 12.2. The number of rotatable bonds is 6. The summed E-state index contributed by atoms with van der Waals surface area (Å²) < 4.78 is 24.4. The summed E-state index contributed by atoms with van der Waals surface area (Å²) in [5.41, 5.74) is 3.26. The lowest BCUT2D eigenvalue weighted by Gasteiger charge is -2.17. The van der Waals surface area contributed by atoms with Gasteiger partial charge in [0, 0.05) is 0 Å². The van der Waals surface area contributed by atoms with Gasteiger partial charge in [-0.25, -0.2) is 4.39 Å². The molecule has 3 N–H and O–H groups in total.